The second-order valence-corrected chi connectivity index (χ2v) is 6.93. The molecule has 1 N–H and O–H groups in total. The number of anilines is 1. The van der Waals surface area contributed by atoms with E-state index in [-0.39, 0.29) is 5.69 Å². The average molecular weight is 463 g/mol. The van der Waals surface area contributed by atoms with Crippen LogP contribution in [0.2, 0.25) is 5.02 Å². The molecule has 0 atom stereocenters. The first-order chi connectivity index (χ1) is 12.6. The number of aromatic nitrogens is 4. The van der Waals surface area contributed by atoms with Gasteiger partial charge in [-0.3, -0.25) is 14.2 Å². The van der Waals surface area contributed by atoms with Crippen molar-refractivity contribution in [1.82, 2.24) is 19.6 Å². The van der Waals surface area contributed by atoms with Gasteiger partial charge in [0.05, 0.1) is 18.4 Å². The molecule has 0 unspecified atom stereocenters. The van der Waals surface area contributed by atoms with E-state index < -0.39 is 22.8 Å². The zero-order chi connectivity index (χ0) is 19.8. The standard InChI is InChI=1S/C16H12BrClF3N5O/c1-25-13(12(18)14(24-25)16(19,20)21)15(27)23-11-6-22-26(8-11)7-9-2-4-10(17)5-3-9/h2-6,8H,7H2,1H3,(H,23,27). The highest BCUT2D eigenvalue weighted by atomic mass is 79.9. The number of carbonyl (C=O) groups excluding carboxylic acids is 1. The number of aryl methyl sites for hydroxylation is 1. The van der Waals surface area contributed by atoms with Crippen molar-refractivity contribution in [1.29, 1.82) is 0 Å². The number of nitrogens with one attached hydrogen (secondary N) is 1. The number of alkyl halides is 3. The lowest BCUT2D eigenvalue weighted by Gasteiger charge is -2.04. The zero-order valence-electron chi connectivity index (χ0n) is 13.8. The molecular formula is C16H12BrClF3N5O. The van der Waals surface area contributed by atoms with Crippen LogP contribution in [-0.2, 0) is 19.8 Å². The van der Waals surface area contributed by atoms with E-state index in [0.717, 1.165) is 14.7 Å². The molecule has 0 aliphatic rings. The summed E-state index contributed by atoms with van der Waals surface area (Å²) in [4.78, 5) is 12.3. The fraction of sp³-hybridized carbons (Fsp3) is 0.188. The number of nitrogens with zero attached hydrogens (tertiary/aromatic N) is 4. The number of rotatable bonds is 4. The Kier molecular flexibility index (Phi) is 5.29. The highest BCUT2D eigenvalue weighted by Gasteiger charge is 2.39. The van der Waals surface area contributed by atoms with Gasteiger partial charge in [-0.05, 0) is 17.7 Å². The van der Waals surface area contributed by atoms with Gasteiger partial charge < -0.3 is 5.32 Å². The molecule has 3 rings (SSSR count). The third kappa shape index (κ3) is 4.33. The van der Waals surface area contributed by atoms with Crippen LogP contribution in [0.4, 0.5) is 18.9 Å². The minimum absolute atomic E-state index is 0.322. The fourth-order valence-electron chi connectivity index (χ4n) is 2.41. The summed E-state index contributed by atoms with van der Waals surface area (Å²) in [5, 5.41) is 9.14. The van der Waals surface area contributed by atoms with E-state index in [9.17, 15) is 18.0 Å². The smallest absolute Gasteiger partial charge is 0.318 e. The molecule has 142 valence electrons. The second-order valence-electron chi connectivity index (χ2n) is 5.64. The Hall–Kier alpha value is -2.33. The number of benzene rings is 1. The minimum Gasteiger partial charge on any atom is -0.318 e. The molecule has 11 heteroatoms. The molecule has 2 aromatic heterocycles. The van der Waals surface area contributed by atoms with Crippen molar-refractivity contribution in [2.24, 2.45) is 7.05 Å². The van der Waals surface area contributed by atoms with Crippen molar-refractivity contribution in [3.63, 3.8) is 0 Å². The van der Waals surface area contributed by atoms with Crippen LogP contribution in [0.1, 0.15) is 21.7 Å². The number of carbonyl (C=O) groups is 1. The van der Waals surface area contributed by atoms with Gasteiger partial charge in [-0.1, -0.05) is 39.7 Å². The summed E-state index contributed by atoms with van der Waals surface area (Å²) >= 11 is 9.06. The average Bonchev–Trinajstić information content (AvgIpc) is 3.13. The lowest BCUT2D eigenvalue weighted by atomic mass is 10.2. The van der Waals surface area contributed by atoms with Crippen LogP contribution in [0.15, 0.2) is 41.1 Å². The van der Waals surface area contributed by atoms with E-state index in [0.29, 0.717) is 12.2 Å². The molecule has 0 aliphatic carbocycles. The van der Waals surface area contributed by atoms with Crippen LogP contribution in [0.5, 0.6) is 0 Å². The van der Waals surface area contributed by atoms with Gasteiger partial charge in [0.25, 0.3) is 5.91 Å². The Bertz CT molecular complexity index is 981. The lowest BCUT2D eigenvalue weighted by Crippen LogP contribution is -2.16. The molecule has 0 saturated carbocycles. The maximum absolute atomic E-state index is 12.9. The summed E-state index contributed by atoms with van der Waals surface area (Å²) in [5.41, 5.74) is -0.376. The van der Waals surface area contributed by atoms with Crippen LogP contribution in [-0.4, -0.2) is 25.5 Å². The largest absolute Gasteiger partial charge is 0.436 e. The van der Waals surface area contributed by atoms with Gasteiger partial charge in [-0.15, -0.1) is 0 Å². The van der Waals surface area contributed by atoms with Crippen LogP contribution >= 0.6 is 27.5 Å². The van der Waals surface area contributed by atoms with Gasteiger partial charge >= 0.3 is 6.18 Å². The van der Waals surface area contributed by atoms with Gasteiger partial charge in [0, 0.05) is 17.7 Å². The Labute approximate surface area is 165 Å². The van der Waals surface area contributed by atoms with Gasteiger partial charge in [0.1, 0.15) is 10.7 Å². The molecule has 3 aromatic rings. The van der Waals surface area contributed by atoms with Crippen LogP contribution in [0.3, 0.4) is 0 Å². The summed E-state index contributed by atoms with van der Waals surface area (Å²) in [6.45, 7) is 0.466. The van der Waals surface area contributed by atoms with Gasteiger partial charge in [-0.25, -0.2) is 0 Å². The summed E-state index contributed by atoms with van der Waals surface area (Å²) in [7, 11) is 1.22. The SMILES string of the molecule is Cn1nc(C(F)(F)F)c(Cl)c1C(=O)Nc1cnn(Cc2ccc(Br)cc2)c1. The topological polar surface area (TPSA) is 64.7 Å². The Morgan fingerprint density at radius 2 is 1.96 bits per heavy atom. The second kappa shape index (κ2) is 7.35. The summed E-state index contributed by atoms with van der Waals surface area (Å²) in [6, 6.07) is 7.62. The molecule has 27 heavy (non-hydrogen) atoms. The van der Waals surface area contributed by atoms with Gasteiger partial charge in [-0.2, -0.15) is 23.4 Å². The summed E-state index contributed by atoms with van der Waals surface area (Å²) in [6.07, 6.45) is -1.79. The van der Waals surface area contributed by atoms with E-state index >= 15 is 0 Å². The highest BCUT2D eigenvalue weighted by molar-refractivity contribution is 9.10. The van der Waals surface area contributed by atoms with E-state index in [1.54, 1.807) is 10.9 Å². The fourth-order valence-corrected chi connectivity index (χ4v) is 3.03. The van der Waals surface area contributed by atoms with E-state index in [4.69, 9.17) is 11.6 Å². The molecule has 0 bridgehead atoms. The number of hydrogen-bond donors (Lipinski definition) is 1. The van der Waals surface area contributed by atoms with Crippen molar-refractivity contribution in [3.05, 3.63) is 63.1 Å². The molecule has 1 amide bonds. The molecular weight excluding hydrogens is 451 g/mol. The molecule has 2 heterocycles. The van der Waals surface area contributed by atoms with Crippen LogP contribution in [0.25, 0.3) is 0 Å². The van der Waals surface area contributed by atoms with E-state index in [1.165, 1.54) is 13.2 Å². The molecule has 0 saturated heterocycles. The normalized spacial score (nSPS) is 11.6. The first-order valence-corrected chi connectivity index (χ1v) is 8.70. The molecule has 0 fully saturated rings. The van der Waals surface area contributed by atoms with Gasteiger partial charge in [0.15, 0.2) is 5.69 Å². The zero-order valence-corrected chi connectivity index (χ0v) is 16.1. The Morgan fingerprint density at radius 3 is 2.56 bits per heavy atom. The monoisotopic (exact) mass is 461 g/mol. The van der Waals surface area contributed by atoms with Crippen LogP contribution in [0, 0.1) is 0 Å². The predicted octanol–water partition coefficient (Wildman–Crippen LogP) is 4.35. The van der Waals surface area contributed by atoms with Crippen molar-refractivity contribution in [3.8, 4) is 0 Å². The van der Waals surface area contributed by atoms with Crippen LogP contribution < -0.4 is 5.32 Å². The molecule has 1 aromatic carbocycles. The Balaban J connectivity index is 1.75. The first kappa shape index (κ1) is 19.4. The van der Waals surface area contributed by atoms with E-state index in [2.05, 4.69) is 31.4 Å². The van der Waals surface area contributed by atoms with Crippen molar-refractivity contribution >= 4 is 39.1 Å². The Morgan fingerprint density at radius 1 is 1.30 bits per heavy atom. The first-order valence-electron chi connectivity index (χ1n) is 7.53. The third-order valence-electron chi connectivity index (χ3n) is 3.62. The maximum atomic E-state index is 12.9. The summed E-state index contributed by atoms with van der Waals surface area (Å²) < 4.78 is 41.9. The molecule has 0 spiro atoms. The number of amides is 1. The van der Waals surface area contributed by atoms with Crippen molar-refractivity contribution in [2.45, 2.75) is 12.7 Å². The maximum Gasteiger partial charge on any atom is 0.436 e. The molecule has 6 nitrogen and oxygen atoms in total. The molecule has 0 radical (unpaired) electrons. The van der Waals surface area contributed by atoms with E-state index in [1.807, 2.05) is 24.3 Å². The predicted molar refractivity (Wildman–Crippen MR) is 96.6 cm³/mol. The van der Waals surface area contributed by atoms with Crippen molar-refractivity contribution in [2.75, 3.05) is 5.32 Å². The highest BCUT2D eigenvalue weighted by Crippen LogP contribution is 2.35. The number of hydrogen-bond acceptors (Lipinski definition) is 3. The molecule has 0 aliphatic heterocycles. The minimum atomic E-state index is -4.75. The van der Waals surface area contributed by atoms with Crippen molar-refractivity contribution < 1.29 is 18.0 Å². The lowest BCUT2D eigenvalue weighted by molar-refractivity contribution is -0.141. The third-order valence-corrected chi connectivity index (χ3v) is 4.51. The quantitative estimate of drug-likeness (QED) is 0.627. The number of halogens is 5. The summed E-state index contributed by atoms with van der Waals surface area (Å²) in [5.74, 6) is -0.811. The van der Waals surface area contributed by atoms with Gasteiger partial charge in [0.2, 0.25) is 0 Å².